The zero-order chi connectivity index (χ0) is 19.2. The van der Waals surface area contributed by atoms with Gasteiger partial charge in [0.25, 0.3) is 0 Å². The van der Waals surface area contributed by atoms with E-state index in [1.165, 1.54) is 18.7 Å². The summed E-state index contributed by atoms with van der Waals surface area (Å²) < 4.78 is 2.00. The number of anilines is 2. The molecule has 0 saturated heterocycles. The molecule has 0 aliphatic carbocycles. The lowest BCUT2D eigenvalue weighted by Gasteiger charge is -2.08. The van der Waals surface area contributed by atoms with E-state index in [-0.39, 0.29) is 17.6 Å². The molecule has 0 aliphatic heterocycles. The third kappa shape index (κ3) is 4.95. The second-order valence-corrected chi connectivity index (χ2v) is 7.52. The van der Waals surface area contributed by atoms with Crippen molar-refractivity contribution in [3.8, 4) is 10.7 Å². The Morgan fingerprint density at radius 1 is 1.15 bits per heavy atom. The number of thioether (sulfide) groups is 1. The minimum atomic E-state index is -0.158. The highest BCUT2D eigenvalue weighted by molar-refractivity contribution is 7.99. The van der Waals surface area contributed by atoms with Crippen LogP contribution >= 0.6 is 23.1 Å². The third-order valence-electron chi connectivity index (χ3n) is 3.57. The second-order valence-electron chi connectivity index (χ2n) is 5.63. The van der Waals surface area contributed by atoms with Crippen LogP contribution in [0.2, 0.25) is 0 Å². The molecule has 0 atom stereocenters. The van der Waals surface area contributed by atoms with E-state index in [1.807, 2.05) is 29.0 Å². The van der Waals surface area contributed by atoms with Crippen LogP contribution in [-0.2, 0) is 16.1 Å². The summed E-state index contributed by atoms with van der Waals surface area (Å²) in [6, 6.07) is 11.0. The van der Waals surface area contributed by atoms with Crippen molar-refractivity contribution in [3.63, 3.8) is 0 Å². The van der Waals surface area contributed by atoms with Crippen molar-refractivity contribution in [3.05, 3.63) is 41.8 Å². The quantitative estimate of drug-likeness (QED) is 0.589. The first-order valence-electron chi connectivity index (χ1n) is 8.34. The van der Waals surface area contributed by atoms with E-state index in [9.17, 15) is 9.59 Å². The van der Waals surface area contributed by atoms with Crippen molar-refractivity contribution in [2.75, 3.05) is 16.4 Å². The molecule has 7 nitrogen and oxygen atoms in total. The van der Waals surface area contributed by atoms with E-state index < -0.39 is 0 Å². The van der Waals surface area contributed by atoms with Gasteiger partial charge in [0.1, 0.15) is 0 Å². The summed E-state index contributed by atoms with van der Waals surface area (Å²) in [5.41, 5.74) is 1.27. The highest BCUT2D eigenvalue weighted by Crippen LogP contribution is 2.27. The molecule has 2 aromatic heterocycles. The summed E-state index contributed by atoms with van der Waals surface area (Å²) in [6.07, 6.45) is 0. The number of benzene rings is 1. The van der Waals surface area contributed by atoms with Gasteiger partial charge >= 0.3 is 0 Å². The Morgan fingerprint density at radius 2 is 1.93 bits per heavy atom. The molecule has 3 rings (SSSR count). The fourth-order valence-corrected chi connectivity index (χ4v) is 3.99. The number of thiophene rings is 1. The van der Waals surface area contributed by atoms with Crippen LogP contribution in [0.5, 0.6) is 0 Å². The van der Waals surface area contributed by atoms with Crippen molar-refractivity contribution in [2.45, 2.75) is 25.5 Å². The van der Waals surface area contributed by atoms with Crippen molar-refractivity contribution in [2.24, 2.45) is 0 Å². The van der Waals surface area contributed by atoms with E-state index in [4.69, 9.17) is 0 Å². The molecule has 2 heterocycles. The molecule has 27 heavy (non-hydrogen) atoms. The van der Waals surface area contributed by atoms with E-state index >= 15 is 0 Å². The standard InChI is InChI=1S/C18H19N5O2S2/c1-3-23-17(15-8-5-9-26-15)21-22-18(23)27-11-16(25)20-14-7-4-6-13(10-14)19-12(2)24/h4-10H,3,11H2,1-2H3,(H,19,24)(H,20,25). The van der Waals surface area contributed by atoms with Gasteiger partial charge in [0.05, 0.1) is 10.6 Å². The third-order valence-corrected chi connectivity index (χ3v) is 5.41. The molecule has 0 radical (unpaired) electrons. The number of hydrogen-bond donors (Lipinski definition) is 2. The maximum Gasteiger partial charge on any atom is 0.234 e. The van der Waals surface area contributed by atoms with Crippen LogP contribution in [0.25, 0.3) is 10.7 Å². The van der Waals surface area contributed by atoms with Gasteiger partial charge in [0.2, 0.25) is 11.8 Å². The minimum absolute atomic E-state index is 0.150. The molecule has 140 valence electrons. The largest absolute Gasteiger partial charge is 0.326 e. The predicted octanol–water partition coefficient (Wildman–Crippen LogP) is 3.72. The Kier molecular flexibility index (Phi) is 6.25. The molecule has 3 aromatic rings. The molecule has 1 aromatic carbocycles. The average Bonchev–Trinajstić information content (AvgIpc) is 3.28. The summed E-state index contributed by atoms with van der Waals surface area (Å²) in [6.45, 7) is 4.19. The van der Waals surface area contributed by atoms with E-state index in [0.717, 1.165) is 17.2 Å². The molecule has 0 bridgehead atoms. The second kappa shape index (κ2) is 8.83. The van der Waals surface area contributed by atoms with Gasteiger partial charge in [-0.1, -0.05) is 23.9 Å². The smallest absolute Gasteiger partial charge is 0.234 e. The van der Waals surface area contributed by atoms with Crippen LogP contribution in [0, 0.1) is 0 Å². The van der Waals surface area contributed by atoms with Crippen LogP contribution < -0.4 is 10.6 Å². The van der Waals surface area contributed by atoms with Gasteiger partial charge in [0.15, 0.2) is 11.0 Å². The van der Waals surface area contributed by atoms with Crippen molar-refractivity contribution in [1.82, 2.24) is 14.8 Å². The van der Waals surface area contributed by atoms with Crippen LogP contribution in [0.15, 0.2) is 46.9 Å². The summed E-state index contributed by atoms with van der Waals surface area (Å²) in [4.78, 5) is 24.5. The average molecular weight is 402 g/mol. The molecule has 2 N–H and O–H groups in total. The topological polar surface area (TPSA) is 88.9 Å². The van der Waals surface area contributed by atoms with Crippen LogP contribution in [0.4, 0.5) is 11.4 Å². The SMILES string of the molecule is CCn1c(SCC(=O)Nc2cccc(NC(C)=O)c2)nnc1-c1cccs1. The van der Waals surface area contributed by atoms with Crippen LogP contribution in [-0.4, -0.2) is 32.3 Å². The Labute approximate surface area is 165 Å². The number of carbonyl (C=O) groups is 2. The molecule has 0 saturated carbocycles. The first kappa shape index (κ1) is 19.1. The van der Waals surface area contributed by atoms with Gasteiger partial charge in [0, 0.05) is 24.8 Å². The molecule has 0 unspecified atom stereocenters. The summed E-state index contributed by atoms with van der Waals surface area (Å²) in [7, 11) is 0. The molecular formula is C18H19N5O2S2. The first-order chi connectivity index (χ1) is 13.1. The normalized spacial score (nSPS) is 10.6. The molecule has 9 heteroatoms. The highest BCUT2D eigenvalue weighted by Gasteiger charge is 2.15. The summed E-state index contributed by atoms with van der Waals surface area (Å²) in [5, 5.41) is 16.7. The zero-order valence-electron chi connectivity index (χ0n) is 14.9. The minimum Gasteiger partial charge on any atom is -0.326 e. The number of amides is 2. The number of aromatic nitrogens is 3. The molecular weight excluding hydrogens is 382 g/mol. The van der Waals surface area contributed by atoms with Crippen LogP contribution in [0.1, 0.15) is 13.8 Å². The van der Waals surface area contributed by atoms with Crippen molar-refractivity contribution >= 4 is 46.3 Å². The van der Waals surface area contributed by atoms with Gasteiger partial charge in [-0.2, -0.15) is 0 Å². The van der Waals surface area contributed by atoms with Gasteiger partial charge in [-0.05, 0) is 36.6 Å². The Hall–Kier alpha value is -2.65. The molecule has 0 spiro atoms. The van der Waals surface area contributed by atoms with E-state index in [2.05, 4.69) is 20.8 Å². The number of nitrogens with one attached hydrogen (secondary N) is 2. The Bertz CT molecular complexity index is 937. The molecule has 0 fully saturated rings. The van der Waals surface area contributed by atoms with Gasteiger partial charge in [-0.25, -0.2) is 0 Å². The fourth-order valence-electron chi connectivity index (χ4n) is 2.47. The Morgan fingerprint density at radius 3 is 2.59 bits per heavy atom. The maximum absolute atomic E-state index is 12.3. The Balaban J connectivity index is 1.62. The lowest BCUT2D eigenvalue weighted by molar-refractivity contribution is -0.114. The molecule has 2 amide bonds. The predicted molar refractivity (Wildman–Crippen MR) is 109 cm³/mol. The maximum atomic E-state index is 12.3. The van der Waals surface area contributed by atoms with Crippen molar-refractivity contribution < 1.29 is 9.59 Å². The van der Waals surface area contributed by atoms with Crippen molar-refractivity contribution in [1.29, 1.82) is 0 Å². The summed E-state index contributed by atoms with van der Waals surface area (Å²) in [5.74, 6) is 0.726. The fraction of sp³-hybridized carbons (Fsp3) is 0.222. The van der Waals surface area contributed by atoms with E-state index in [1.54, 1.807) is 35.6 Å². The summed E-state index contributed by atoms with van der Waals surface area (Å²) >= 11 is 2.95. The highest BCUT2D eigenvalue weighted by atomic mass is 32.2. The van der Waals surface area contributed by atoms with Gasteiger partial charge < -0.3 is 15.2 Å². The lowest BCUT2D eigenvalue weighted by atomic mass is 10.2. The zero-order valence-corrected chi connectivity index (χ0v) is 16.6. The van der Waals surface area contributed by atoms with E-state index in [0.29, 0.717) is 16.5 Å². The van der Waals surface area contributed by atoms with Gasteiger partial charge in [-0.3, -0.25) is 9.59 Å². The molecule has 0 aliphatic rings. The first-order valence-corrected chi connectivity index (χ1v) is 10.2. The van der Waals surface area contributed by atoms with Crippen LogP contribution in [0.3, 0.4) is 0 Å². The number of carbonyl (C=O) groups excluding carboxylic acids is 2. The number of hydrogen-bond acceptors (Lipinski definition) is 6. The monoisotopic (exact) mass is 401 g/mol. The number of nitrogens with zero attached hydrogens (tertiary/aromatic N) is 3. The number of rotatable bonds is 7. The lowest BCUT2D eigenvalue weighted by Crippen LogP contribution is -2.15. The van der Waals surface area contributed by atoms with Gasteiger partial charge in [-0.15, -0.1) is 21.5 Å².